The highest BCUT2D eigenvalue weighted by molar-refractivity contribution is 6.30. The fraction of sp³-hybridized carbons (Fsp3) is 0.231. The number of fused-ring (bicyclic) bond motifs is 1. The van der Waals surface area contributed by atoms with Gasteiger partial charge in [-0.1, -0.05) is 11.6 Å². The molecule has 1 aliphatic rings. The molecule has 0 bridgehead atoms. The number of nitrogens with two attached hydrogens (primary N) is 2. The van der Waals surface area contributed by atoms with Gasteiger partial charge in [0.25, 0.3) is 0 Å². The van der Waals surface area contributed by atoms with E-state index in [9.17, 15) is 0 Å². The average Bonchev–Trinajstić information content (AvgIpc) is 2.75. The fourth-order valence-corrected chi connectivity index (χ4v) is 2.56. The van der Waals surface area contributed by atoms with Gasteiger partial charge in [0.05, 0.1) is 0 Å². The molecule has 0 spiro atoms. The van der Waals surface area contributed by atoms with E-state index in [1.165, 1.54) is 11.3 Å². The minimum absolute atomic E-state index is 0.204. The number of benzene rings is 1. The van der Waals surface area contributed by atoms with Crippen molar-refractivity contribution in [1.29, 1.82) is 0 Å². The van der Waals surface area contributed by atoms with E-state index in [0.717, 1.165) is 23.6 Å². The van der Waals surface area contributed by atoms with E-state index in [1.54, 1.807) is 6.20 Å². The van der Waals surface area contributed by atoms with Crippen LogP contribution in [0.4, 0.5) is 17.5 Å². The molecule has 0 amide bonds. The Labute approximate surface area is 116 Å². The molecule has 4 N–H and O–H groups in total. The lowest BCUT2D eigenvalue weighted by atomic mass is 10.2. The number of halogens is 1. The van der Waals surface area contributed by atoms with Crippen molar-refractivity contribution in [1.82, 2.24) is 9.97 Å². The largest absolute Gasteiger partial charge is 0.383 e. The van der Waals surface area contributed by atoms with Crippen LogP contribution in [0, 0.1) is 0 Å². The molecule has 0 fully saturated rings. The number of aromatic nitrogens is 2. The highest BCUT2D eigenvalue weighted by atomic mass is 35.5. The normalized spacial score (nSPS) is 13.6. The molecule has 0 unspecified atom stereocenters. The maximum atomic E-state index is 6.00. The molecule has 1 aliphatic heterocycles. The zero-order valence-electron chi connectivity index (χ0n) is 10.3. The van der Waals surface area contributed by atoms with Crippen LogP contribution in [-0.2, 0) is 13.0 Å². The summed E-state index contributed by atoms with van der Waals surface area (Å²) in [4.78, 5) is 10.2. The highest BCUT2D eigenvalue weighted by Crippen LogP contribution is 2.31. The first-order valence-corrected chi connectivity index (χ1v) is 6.41. The summed E-state index contributed by atoms with van der Waals surface area (Å²) in [5.74, 6) is 0.643. The smallest absolute Gasteiger partial charge is 0.221 e. The zero-order valence-corrected chi connectivity index (χ0v) is 11.1. The van der Waals surface area contributed by atoms with Gasteiger partial charge in [0.2, 0.25) is 5.95 Å². The van der Waals surface area contributed by atoms with E-state index < -0.39 is 0 Å². The minimum atomic E-state index is 0.204. The van der Waals surface area contributed by atoms with Crippen molar-refractivity contribution in [2.75, 3.05) is 22.9 Å². The van der Waals surface area contributed by atoms with E-state index in [0.29, 0.717) is 12.4 Å². The third-order valence-corrected chi connectivity index (χ3v) is 3.55. The molecule has 98 valence electrons. The van der Waals surface area contributed by atoms with E-state index in [-0.39, 0.29) is 5.95 Å². The summed E-state index contributed by atoms with van der Waals surface area (Å²) in [7, 11) is 0. The number of nitrogen functional groups attached to an aromatic ring is 2. The lowest BCUT2D eigenvalue weighted by Gasteiger charge is -2.20. The molecule has 0 atom stereocenters. The van der Waals surface area contributed by atoms with Crippen molar-refractivity contribution in [2.45, 2.75) is 13.0 Å². The van der Waals surface area contributed by atoms with Crippen LogP contribution in [0.2, 0.25) is 5.02 Å². The maximum Gasteiger partial charge on any atom is 0.221 e. The first-order valence-electron chi connectivity index (χ1n) is 6.04. The lowest BCUT2D eigenvalue weighted by Crippen LogP contribution is -2.21. The van der Waals surface area contributed by atoms with Crippen LogP contribution in [0.1, 0.15) is 11.1 Å². The fourth-order valence-electron chi connectivity index (χ4n) is 2.36. The van der Waals surface area contributed by atoms with Crippen LogP contribution in [-0.4, -0.2) is 16.5 Å². The molecule has 19 heavy (non-hydrogen) atoms. The Morgan fingerprint density at radius 3 is 2.95 bits per heavy atom. The van der Waals surface area contributed by atoms with E-state index in [4.69, 9.17) is 23.1 Å². The molecular formula is C13H14ClN5. The first kappa shape index (κ1) is 12.0. The van der Waals surface area contributed by atoms with Gasteiger partial charge in [0, 0.05) is 35.6 Å². The third-order valence-electron chi connectivity index (χ3n) is 3.31. The van der Waals surface area contributed by atoms with Gasteiger partial charge < -0.3 is 16.4 Å². The van der Waals surface area contributed by atoms with Crippen LogP contribution in [0.25, 0.3) is 0 Å². The Bertz CT molecular complexity index is 628. The number of hydrogen-bond acceptors (Lipinski definition) is 5. The summed E-state index contributed by atoms with van der Waals surface area (Å²) in [6.45, 7) is 1.63. The molecule has 2 aromatic rings. The van der Waals surface area contributed by atoms with Crippen LogP contribution < -0.4 is 16.4 Å². The second-order valence-corrected chi connectivity index (χ2v) is 5.02. The monoisotopic (exact) mass is 275 g/mol. The SMILES string of the molecule is Nc1ncc(CN2CCc3cc(Cl)ccc32)c(N)n1. The van der Waals surface area contributed by atoms with Crippen molar-refractivity contribution < 1.29 is 0 Å². The van der Waals surface area contributed by atoms with Crippen LogP contribution >= 0.6 is 11.6 Å². The van der Waals surface area contributed by atoms with Crippen molar-refractivity contribution in [3.05, 3.63) is 40.5 Å². The Kier molecular flexibility index (Phi) is 2.91. The van der Waals surface area contributed by atoms with E-state index in [1.807, 2.05) is 18.2 Å². The number of nitrogens with zero attached hydrogens (tertiary/aromatic N) is 3. The van der Waals surface area contributed by atoms with E-state index >= 15 is 0 Å². The second kappa shape index (κ2) is 4.59. The Morgan fingerprint density at radius 1 is 1.32 bits per heavy atom. The van der Waals surface area contributed by atoms with Crippen molar-refractivity contribution in [3.8, 4) is 0 Å². The average molecular weight is 276 g/mol. The van der Waals surface area contributed by atoms with Gasteiger partial charge in [0.15, 0.2) is 0 Å². The molecule has 3 rings (SSSR count). The van der Waals surface area contributed by atoms with Gasteiger partial charge in [-0.05, 0) is 30.2 Å². The minimum Gasteiger partial charge on any atom is -0.383 e. The van der Waals surface area contributed by atoms with Gasteiger partial charge in [-0.15, -0.1) is 0 Å². The lowest BCUT2D eigenvalue weighted by molar-refractivity contribution is 0.830. The summed E-state index contributed by atoms with van der Waals surface area (Å²) >= 11 is 6.00. The molecule has 0 aliphatic carbocycles. The first-order chi connectivity index (χ1) is 9.13. The number of rotatable bonds is 2. The molecule has 0 radical (unpaired) electrons. The van der Waals surface area contributed by atoms with Gasteiger partial charge in [-0.3, -0.25) is 0 Å². The third kappa shape index (κ3) is 2.29. The van der Waals surface area contributed by atoms with Crippen molar-refractivity contribution >= 4 is 29.1 Å². The van der Waals surface area contributed by atoms with Gasteiger partial charge in [-0.2, -0.15) is 4.98 Å². The van der Waals surface area contributed by atoms with Crippen LogP contribution in [0.15, 0.2) is 24.4 Å². The summed E-state index contributed by atoms with van der Waals surface area (Å²) < 4.78 is 0. The van der Waals surface area contributed by atoms with Crippen LogP contribution in [0.3, 0.4) is 0 Å². The molecule has 0 saturated heterocycles. The quantitative estimate of drug-likeness (QED) is 0.874. The van der Waals surface area contributed by atoms with Gasteiger partial charge >= 0.3 is 0 Å². The number of anilines is 3. The van der Waals surface area contributed by atoms with Crippen molar-refractivity contribution in [2.24, 2.45) is 0 Å². The molecule has 6 heteroatoms. The van der Waals surface area contributed by atoms with Crippen molar-refractivity contribution in [3.63, 3.8) is 0 Å². The predicted molar refractivity (Wildman–Crippen MR) is 77.1 cm³/mol. The van der Waals surface area contributed by atoms with Gasteiger partial charge in [0.1, 0.15) is 5.82 Å². The highest BCUT2D eigenvalue weighted by Gasteiger charge is 2.20. The molecular weight excluding hydrogens is 262 g/mol. The Hall–Kier alpha value is -2.01. The molecule has 1 aromatic heterocycles. The molecule has 5 nitrogen and oxygen atoms in total. The maximum absolute atomic E-state index is 6.00. The second-order valence-electron chi connectivity index (χ2n) is 4.58. The summed E-state index contributed by atoms with van der Waals surface area (Å²) in [6.07, 6.45) is 2.68. The number of hydrogen-bond donors (Lipinski definition) is 2. The topological polar surface area (TPSA) is 81.1 Å². The van der Waals surface area contributed by atoms with Gasteiger partial charge in [-0.25, -0.2) is 4.98 Å². The standard InChI is InChI=1S/C13H14ClN5/c14-10-1-2-11-8(5-10)3-4-19(11)7-9-6-17-13(16)18-12(9)15/h1-2,5-6H,3-4,7H2,(H4,15,16,17,18). The zero-order chi connectivity index (χ0) is 13.4. The summed E-state index contributed by atoms with van der Waals surface area (Å²) in [6, 6.07) is 5.96. The molecule has 0 saturated carbocycles. The molecule has 1 aromatic carbocycles. The molecule has 2 heterocycles. The summed E-state index contributed by atoms with van der Waals surface area (Å²) in [5, 5.41) is 0.774. The van der Waals surface area contributed by atoms with Crippen LogP contribution in [0.5, 0.6) is 0 Å². The Balaban J connectivity index is 1.86. The Morgan fingerprint density at radius 2 is 2.16 bits per heavy atom. The summed E-state index contributed by atoms with van der Waals surface area (Å²) in [5.41, 5.74) is 14.7. The van der Waals surface area contributed by atoms with E-state index in [2.05, 4.69) is 14.9 Å². The predicted octanol–water partition coefficient (Wildman–Crippen LogP) is 1.86.